The summed E-state index contributed by atoms with van der Waals surface area (Å²) >= 11 is 0. The standard InChI is InChI=1S/C22H30N4O2/c1-23-22(24-13-7-8-18-28-19-9-3-2-4-10-19)26-16-14-25(15-17-26)20-11-5-6-12-21(20)27/h2-6,9-12,27H,7-8,13-18H2,1H3,(H,23,24). The van der Waals surface area contributed by atoms with Crippen LogP contribution in [0.5, 0.6) is 11.5 Å². The first kappa shape index (κ1) is 19.9. The zero-order valence-corrected chi connectivity index (χ0v) is 16.6. The Morgan fingerprint density at radius 2 is 1.71 bits per heavy atom. The second-order valence-corrected chi connectivity index (χ2v) is 6.81. The summed E-state index contributed by atoms with van der Waals surface area (Å²) in [5, 5.41) is 13.5. The van der Waals surface area contributed by atoms with Gasteiger partial charge in [0.15, 0.2) is 5.96 Å². The van der Waals surface area contributed by atoms with Gasteiger partial charge in [-0.2, -0.15) is 0 Å². The molecule has 2 N–H and O–H groups in total. The zero-order valence-electron chi connectivity index (χ0n) is 16.6. The highest BCUT2D eigenvalue weighted by Crippen LogP contribution is 2.27. The van der Waals surface area contributed by atoms with Crippen molar-refractivity contribution in [2.75, 3.05) is 51.3 Å². The van der Waals surface area contributed by atoms with Gasteiger partial charge in [0.1, 0.15) is 11.5 Å². The number of phenols is 1. The molecule has 6 heteroatoms. The summed E-state index contributed by atoms with van der Waals surface area (Å²) in [7, 11) is 1.83. The lowest BCUT2D eigenvalue weighted by Gasteiger charge is -2.37. The van der Waals surface area contributed by atoms with Crippen LogP contribution in [0.15, 0.2) is 59.6 Å². The van der Waals surface area contributed by atoms with Crippen molar-refractivity contribution >= 4 is 11.6 Å². The molecule has 1 aliphatic rings. The van der Waals surface area contributed by atoms with Gasteiger partial charge in [0.05, 0.1) is 12.3 Å². The van der Waals surface area contributed by atoms with E-state index in [-0.39, 0.29) is 0 Å². The van der Waals surface area contributed by atoms with E-state index in [0.29, 0.717) is 5.75 Å². The first-order valence-corrected chi connectivity index (χ1v) is 9.94. The van der Waals surface area contributed by atoms with Crippen LogP contribution < -0.4 is 15.0 Å². The van der Waals surface area contributed by atoms with Gasteiger partial charge < -0.3 is 25.0 Å². The average molecular weight is 383 g/mol. The van der Waals surface area contributed by atoms with Gasteiger partial charge >= 0.3 is 0 Å². The first-order valence-electron chi connectivity index (χ1n) is 9.94. The molecule has 2 aromatic carbocycles. The quantitative estimate of drug-likeness (QED) is 0.438. The van der Waals surface area contributed by atoms with Gasteiger partial charge in [-0.05, 0) is 37.1 Å². The predicted octanol–water partition coefficient (Wildman–Crippen LogP) is 2.95. The maximum absolute atomic E-state index is 10.0. The van der Waals surface area contributed by atoms with Gasteiger partial charge in [-0.25, -0.2) is 0 Å². The smallest absolute Gasteiger partial charge is 0.193 e. The van der Waals surface area contributed by atoms with Crippen LogP contribution in [0.3, 0.4) is 0 Å². The van der Waals surface area contributed by atoms with Crippen molar-refractivity contribution in [3.8, 4) is 11.5 Å². The minimum Gasteiger partial charge on any atom is -0.506 e. The Labute approximate surface area is 167 Å². The summed E-state index contributed by atoms with van der Waals surface area (Å²) in [6, 6.07) is 17.4. The van der Waals surface area contributed by atoms with Crippen LogP contribution in [-0.4, -0.2) is 62.3 Å². The molecule has 0 bridgehead atoms. The van der Waals surface area contributed by atoms with Crippen molar-refractivity contribution in [2.24, 2.45) is 4.99 Å². The molecule has 0 aliphatic carbocycles. The van der Waals surface area contributed by atoms with Gasteiger partial charge in [0.25, 0.3) is 0 Å². The number of rotatable bonds is 7. The minimum atomic E-state index is 0.344. The number of ether oxygens (including phenoxy) is 1. The van der Waals surface area contributed by atoms with E-state index in [2.05, 4.69) is 20.1 Å². The van der Waals surface area contributed by atoms with Crippen LogP contribution in [0.25, 0.3) is 0 Å². The number of aromatic hydroxyl groups is 1. The number of aliphatic imine (C=N–C) groups is 1. The van der Waals surface area contributed by atoms with Crippen molar-refractivity contribution in [1.82, 2.24) is 10.2 Å². The van der Waals surface area contributed by atoms with E-state index in [4.69, 9.17) is 4.74 Å². The van der Waals surface area contributed by atoms with Gasteiger partial charge in [-0.1, -0.05) is 30.3 Å². The largest absolute Gasteiger partial charge is 0.506 e. The molecule has 0 aromatic heterocycles. The Morgan fingerprint density at radius 3 is 2.43 bits per heavy atom. The van der Waals surface area contributed by atoms with Crippen molar-refractivity contribution in [3.05, 3.63) is 54.6 Å². The molecule has 150 valence electrons. The summed E-state index contributed by atoms with van der Waals surface area (Å²) in [4.78, 5) is 8.92. The second kappa shape index (κ2) is 10.4. The molecule has 28 heavy (non-hydrogen) atoms. The number of nitrogens with zero attached hydrogens (tertiary/aromatic N) is 3. The van der Waals surface area contributed by atoms with Crippen LogP contribution >= 0.6 is 0 Å². The Bertz CT molecular complexity index is 743. The lowest BCUT2D eigenvalue weighted by molar-refractivity contribution is 0.306. The topological polar surface area (TPSA) is 60.3 Å². The fraction of sp³-hybridized carbons (Fsp3) is 0.409. The Hall–Kier alpha value is -2.89. The minimum absolute atomic E-state index is 0.344. The van der Waals surface area contributed by atoms with Crippen LogP contribution in [0.4, 0.5) is 5.69 Å². The van der Waals surface area contributed by atoms with Crippen LogP contribution in [0.2, 0.25) is 0 Å². The van der Waals surface area contributed by atoms with Crippen molar-refractivity contribution in [3.63, 3.8) is 0 Å². The van der Waals surface area contributed by atoms with E-state index >= 15 is 0 Å². The summed E-state index contributed by atoms with van der Waals surface area (Å²) in [6.45, 7) is 5.09. The van der Waals surface area contributed by atoms with Crippen molar-refractivity contribution < 1.29 is 9.84 Å². The van der Waals surface area contributed by atoms with Crippen molar-refractivity contribution in [1.29, 1.82) is 0 Å². The average Bonchev–Trinajstić information content (AvgIpc) is 2.75. The molecule has 3 rings (SSSR count). The molecule has 1 saturated heterocycles. The third-order valence-electron chi connectivity index (χ3n) is 4.88. The molecule has 0 atom stereocenters. The van der Waals surface area contributed by atoms with E-state index < -0.39 is 0 Å². The first-order chi connectivity index (χ1) is 13.8. The number of benzene rings is 2. The molecule has 0 amide bonds. The van der Waals surface area contributed by atoms with Crippen LogP contribution in [0, 0.1) is 0 Å². The van der Waals surface area contributed by atoms with Crippen molar-refractivity contribution in [2.45, 2.75) is 12.8 Å². The highest BCUT2D eigenvalue weighted by Gasteiger charge is 2.21. The number of hydrogen-bond donors (Lipinski definition) is 2. The number of anilines is 1. The molecule has 0 saturated carbocycles. The number of phenolic OH excluding ortho intramolecular Hbond substituents is 1. The number of piperazine rings is 1. The number of guanidine groups is 1. The lowest BCUT2D eigenvalue weighted by atomic mass is 10.2. The van der Waals surface area contributed by atoms with Gasteiger partial charge in [0, 0.05) is 39.8 Å². The second-order valence-electron chi connectivity index (χ2n) is 6.81. The Kier molecular flexibility index (Phi) is 7.41. The van der Waals surface area contributed by atoms with E-state index in [1.54, 1.807) is 6.07 Å². The maximum Gasteiger partial charge on any atom is 0.193 e. The third kappa shape index (κ3) is 5.55. The van der Waals surface area contributed by atoms with Gasteiger partial charge in [-0.3, -0.25) is 4.99 Å². The third-order valence-corrected chi connectivity index (χ3v) is 4.88. The molecule has 1 fully saturated rings. The molecular formula is C22H30N4O2. The van der Waals surface area contributed by atoms with E-state index in [9.17, 15) is 5.11 Å². The zero-order chi connectivity index (χ0) is 19.6. The summed E-state index contributed by atoms with van der Waals surface area (Å²) in [5.41, 5.74) is 0.906. The summed E-state index contributed by atoms with van der Waals surface area (Å²) in [5.74, 6) is 2.21. The molecule has 0 radical (unpaired) electrons. The monoisotopic (exact) mass is 382 g/mol. The molecule has 6 nitrogen and oxygen atoms in total. The number of nitrogens with one attached hydrogen (secondary N) is 1. The fourth-order valence-corrected chi connectivity index (χ4v) is 3.36. The summed E-state index contributed by atoms with van der Waals surface area (Å²) < 4.78 is 5.72. The highest BCUT2D eigenvalue weighted by molar-refractivity contribution is 5.80. The molecule has 1 aliphatic heterocycles. The van der Waals surface area contributed by atoms with Crippen LogP contribution in [0.1, 0.15) is 12.8 Å². The molecule has 1 heterocycles. The molecule has 0 unspecified atom stereocenters. The maximum atomic E-state index is 10.0. The number of unbranched alkanes of at least 4 members (excludes halogenated alkanes) is 1. The highest BCUT2D eigenvalue weighted by atomic mass is 16.5. The molecule has 0 spiro atoms. The Balaban J connectivity index is 1.35. The fourth-order valence-electron chi connectivity index (χ4n) is 3.36. The van der Waals surface area contributed by atoms with E-state index in [1.165, 1.54) is 0 Å². The number of para-hydroxylation sites is 3. The summed E-state index contributed by atoms with van der Waals surface area (Å²) in [6.07, 6.45) is 2.03. The Morgan fingerprint density at radius 1 is 1.00 bits per heavy atom. The van der Waals surface area contributed by atoms with E-state index in [1.807, 2.05) is 55.6 Å². The van der Waals surface area contributed by atoms with Gasteiger partial charge in [0.2, 0.25) is 0 Å². The van der Waals surface area contributed by atoms with Gasteiger partial charge in [-0.15, -0.1) is 0 Å². The molecular weight excluding hydrogens is 352 g/mol. The van der Waals surface area contributed by atoms with E-state index in [0.717, 1.165) is 69.6 Å². The SMILES string of the molecule is CN=C(NCCCCOc1ccccc1)N1CCN(c2ccccc2O)CC1. The number of hydrogen-bond acceptors (Lipinski definition) is 4. The lowest BCUT2D eigenvalue weighted by Crippen LogP contribution is -2.52. The predicted molar refractivity (Wildman–Crippen MR) is 114 cm³/mol. The normalized spacial score (nSPS) is 14.8. The molecule has 2 aromatic rings. The van der Waals surface area contributed by atoms with Crippen LogP contribution in [-0.2, 0) is 0 Å².